The fourth-order valence-corrected chi connectivity index (χ4v) is 4.19. The van der Waals surface area contributed by atoms with Gasteiger partial charge in [0.25, 0.3) is 0 Å². The number of benzene rings is 2. The maximum absolute atomic E-state index is 13.2. The predicted molar refractivity (Wildman–Crippen MR) is 135 cm³/mol. The quantitative estimate of drug-likeness (QED) is 0.234. The van der Waals surface area contributed by atoms with Crippen molar-refractivity contribution in [2.45, 2.75) is 26.3 Å². The summed E-state index contributed by atoms with van der Waals surface area (Å²) >= 11 is 0. The number of hydrogen-bond donors (Lipinski definition) is 0. The van der Waals surface area contributed by atoms with E-state index >= 15 is 0 Å². The van der Waals surface area contributed by atoms with Crippen LogP contribution in [-0.4, -0.2) is 31.1 Å². The molecule has 0 aliphatic heterocycles. The number of carbonyl (C=O) groups excluding carboxylic acids is 2. The molecule has 0 aliphatic rings. The van der Waals surface area contributed by atoms with E-state index in [4.69, 9.17) is 0 Å². The molecule has 0 saturated heterocycles. The van der Waals surface area contributed by atoms with E-state index in [0.717, 1.165) is 33.4 Å². The first-order valence-electron chi connectivity index (χ1n) is 11.5. The molecular weight excluding hydrogens is 436 g/mol. The Bertz CT molecular complexity index is 1520. The maximum atomic E-state index is 13.2. The summed E-state index contributed by atoms with van der Waals surface area (Å²) in [5.41, 5.74) is 6.49. The summed E-state index contributed by atoms with van der Waals surface area (Å²) in [7, 11) is 0. The van der Waals surface area contributed by atoms with E-state index in [0.29, 0.717) is 24.2 Å². The van der Waals surface area contributed by atoms with Gasteiger partial charge in [-0.2, -0.15) is 0 Å². The van der Waals surface area contributed by atoms with Crippen molar-refractivity contribution in [1.29, 1.82) is 0 Å². The third kappa shape index (κ3) is 5.22. The lowest BCUT2D eigenvalue weighted by Crippen LogP contribution is -2.11. The third-order valence-electron chi connectivity index (χ3n) is 5.88. The number of hydrogen-bond acceptors (Lipinski definition) is 5. The van der Waals surface area contributed by atoms with Crippen molar-refractivity contribution >= 4 is 22.7 Å². The van der Waals surface area contributed by atoms with E-state index in [1.165, 1.54) is 0 Å². The van der Waals surface area contributed by atoms with Crippen LogP contribution >= 0.6 is 0 Å². The number of nitrogens with zero attached hydrogens (tertiary/aromatic N) is 4. The van der Waals surface area contributed by atoms with Crippen LogP contribution in [0.25, 0.3) is 11.2 Å². The van der Waals surface area contributed by atoms with Crippen molar-refractivity contribution in [3.8, 4) is 0 Å². The number of aryl methyl sites for hydroxylation is 1. The van der Waals surface area contributed by atoms with Crippen LogP contribution in [0.15, 0.2) is 91.5 Å². The van der Waals surface area contributed by atoms with E-state index in [1.54, 1.807) is 24.8 Å². The zero-order valence-corrected chi connectivity index (χ0v) is 19.4. The first-order chi connectivity index (χ1) is 17.0. The van der Waals surface area contributed by atoms with Crippen molar-refractivity contribution in [3.05, 3.63) is 125 Å². The smallest absolute Gasteiger partial charge is 0.188 e. The standard InChI is InChI=1S/C29H24N4O2/c1-20-9-11-30-26(12-20)28(35)17-27(34)24-15-22(13-21-6-3-2-4-7-21)14-23(16-24)18-33-19-32-25-8-5-10-31-29(25)33/h2-12,14-16,19H,13,17-18H2,1H3. The van der Waals surface area contributed by atoms with E-state index in [1.807, 2.05) is 60.0 Å². The monoisotopic (exact) mass is 460 g/mol. The molecule has 0 spiro atoms. The lowest BCUT2D eigenvalue weighted by Gasteiger charge is -2.11. The number of Topliss-reactive ketones (excluding diaryl/α,β-unsaturated/α-hetero) is 2. The Morgan fingerprint density at radius 3 is 2.43 bits per heavy atom. The molecule has 3 heterocycles. The molecule has 35 heavy (non-hydrogen) atoms. The van der Waals surface area contributed by atoms with Gasteiger partial charge in [-0.3, -0.25) is 14.6 Å². The van der Waals surface area contributed by atoms with Crippen LogP contribution in [0.3, 0.4) is 0 Å². The molecule has 0 bridgehead atoms. The molecule has 0 saturated carbocycles. The van der Waals surface area contributed by atoms with Gasteiger partial charge in [0, 0.05) is 18.0 Å². The second kappa shape index (κ2) is 9.81. The van der Waals surface area contributed by atoms with Crippen LogP contribution in [0.2, 0.25) is 0 Å². The minimum Gasteiger partial charge on any atom is -0.311 e. The minimum absolute atomic E-state index is 0.219. The van der Waals surface area contributed by atoms with Crippen LogP contribution in [-0.2, 0) is 13.0 Å². The summed E-state index contributed by atoms with van der Waals surface area (Å²) in [5.74, 6) is -0.499. The average Bonchev–Trinajstić information content (AvgIpc) is 3.27. The fourth-order valence-electron chi connectivity index (χ4n) is 4.19. The van der Waals surface area contributed by atoms with Crippen molar-refractivity contribution in [2.24, 2.45) is 0 Å². The predicted octanol–water partition coefficient (Wildman–Crippen LogP) is 5.23. The lowest BCUT2D eigenvalue weighted by atomic mass is 9.96. The molecule has 5 rings (SSSR count). The van der Waals surface area contributed by atoms with Gasteiger partial charge in [0.1, 0.15) is 11.2 Å². The van der Waals surface area contributed by atoms with Crippen LogP contribution in [0.5, 0.6) is 0 Å². The molecule has 0 aliphatic carbocycles. The molecule has 6 nitrogen and oxygen atoms in total. The molecule has 0 amide bonds. The van der Waals surface area contributed by atoms with Crippen LogP contribution in [0.1, 0.15) is 49.5 Å². The highest BCUT2D eigenvalue weighted by atomic mass is 16.1. The highest BCUT2D eigenvalue weighted by Gasteiger charge is 2.17. The lowest BCUT2D eigenvalue weighted by molar-refractivity contribution is 0.0891. The highest BCUT2D eigenvalue weighted by Crippen LogP contribution is 2.19. The van der Waals surface area contributed by atoms with Gasteiger partial charge in [-0.25, -0.2) is 9.97 Å². The average molecular weight is 461 g/mol. The Labute approximate surface area is 203 Å². The van der Waals surface area contributed by atoms with Crippen molar-refractivity contribution in [3.63, 3.8) is 0 Å². The summed E-state index contributed by atoms with van der Waals surface area (Å²) in [6.07, 6.45) is 5.56. The second-order valence-electron chi connectivity index (χ2n) is 8.66. The molecule has 6 heteroatoms. The van der Waals surface area contributed by atoms with Crippen molar-refractivity contribution in [2.75, 3.05) is 0 Å². The Balaban J connectivity index is 1.46. The molecule has 2 aromatic carbocycles. The summed E-state index contributed by atoms with van der Waals surface area (Å²) in [5, 5.41) is 0. The Morgan fingerprint density at radius 2 is 1.60 bits per heavy atom. The molecule has 0 N–H and O–H groups in total. The summed E-state index contributed by atoms with van der Waals surface area (Å²) in [4.78, 5) is 39.0. The molecule has 0 unspecified atom stereocenters. The molecule has 5 aromatic rings. The van der Waals surface area contributed by atoms with Crippen molar-refractivity contribution < 1.29 is 9.59 Å². The van der Waals surface area contributed by atoms with Gasteiger partial charge >= 0.3 is 0 Å². The normalized spacial score (nSPS) is 11.0. The van der Waals surface area contributed by atoms with Crippen LogP contribution < -0.4 is 0 Å². The summed E-state index contributed by atoms with van der Waals surface area (Å²) < 4.78 is 1.97. The van der Waals surface area contributed by atoms with Gasteiger partial charge < -0.3 is 4.57 Å². The number of aromatic nitrogens is 4. The number of carbonyl (C=O) groups is 2. The third-order valence-corrected chi connectivity index (χ3v) is 5.88. The summed E-state index contributed by atoms with van der Waals surface area (Å²) in [6.45, 7) is 2.41. The number of imidazole rings is 1. The first kappa shape index (κ1) is 22.3. The highest BCUT2D eigenvalue weighted by molar-refractivity contribution is 6.13. The topological polar surface area (TPSA) is 77.7 Å². The second-order valence-corrected chi connectivity index (χ2v) is 8.66. The largest absolute Gasteiger partial charge is 0.311 e. The molecule has 0 radical (unpaired) electrons. The van der Waals surface area contributed by atoms with E-state index in [9.17, 15) is 9.59 Å². The van der Waals surface area contributed by atoms with Crippen LogP contribution in [0.4, 0.5) is 0 Å². The zero-order chi connectivity index (χ0) is 24.2. The van der Waals surface area contributed by atoms with E-state index in [2.05, 4.69) is 33.2 Å². The van der Waals surface area contributed by atoms with E-state index in [-0.39, 0.29) is 18.0 Å². The van der Waals surface area contributed by atoms with Gasteiger partial charge in [0.15, 0.2) is 17.2 Å². The number of fused-ring (bicyclic) bond motifs is 1. The first-order valence-corrected chi connectivity index (χ1v) is 11.5. The molecule has 0 atom stereocenters. The fraction of sp³-hybridized carbons (Fsp3) is 0.138. The number of rotatable bonds is 8. The maximum Gasteiger partial charge on any atom is 0.188 e. The van der Waals surface area contributed by atoms with Gasteiger partial charge in [-0.05, 0) is 72.0 Å². The zero-order valence-electron chi connectivity index (χ0n) is 19.4. The number of ketones is 2. The molecule has 0 fully saturated rings. The van der Waals surface area contributed by atoms with Gasteiger partial charge in [-0.1, -0.05) is 36.4 Å². The van der Waals surface area contributed by atoms with Crippen molar-refractivity contribution in [1.82, 2.24) is 19.5 Å². The molecule has 172 valence electrons. The van der Waals surface area contributed by atoms with Gasteiger partial charge in [0.2, 0.25) is 0 Å². The molecule has 3 aromatic heterocycles. The SMILES string of the molecule is Cc1ccnc(C(=O)CC(=O)c2cc(Cc3ccccc3)cc(Cn3cnc4cccnc43)c2)c1. The van der Waals surface area contributed by atoms with Crippen LogP contribution in [0, 0.1) is 6.92 Å². The Morgan fingerprint density at radius 1 is 0.771 bits per heavy atom. The Hall–Kier alpha value is -4.45. The van der Waals surface area contributed by atoms with Gasteiger partial charge in [0.05, 0.1) is 19.3 Å². The minimum atomic E-state index is -0.279. The Kier molecular flexibility index (Phi) is 6.26. The van der Waals surface area contributed by atoms with E-state index < -0.39 is 0 Å². The molecular formula is C29H24N4O2. The summed E-state index contributed by atoms with van der Waals surface area (Å²) in [6, 6.07) is 23.3. The van der Waals surface area contributed by atoms with Gasteiger partial charge in [-0.15, -0.1) is 0 Å². The number of pyridine rings is 2.